The first-order valence-corrected chi connectivity index (χ1v) is 12.6. The van der Waals surface area contributed by atoms with E-state index in [2.05, 4.69) is 20.0 Å². The number of aromatic amines is 1. The lowest BCUT2D eigenvalue weighted by molar-refractivity contribution is 0.596. The van der Waals surface area contributed by atoms with E-state index in [-0.39, 0.29) is 5.56 Å². The number of imidazole rings is 1. The molecule has 0 amide bonds. The summed E-state index contributed by atoms with van der Waals surface area (Å²) in [4.78, 5) is 20.6. The van der Waals surface area contributed by atoms with E-state index in [4.69, 9.17) is 23.2 Å². The molecule has 33 heavy (non-hydrogen) atoms. The molecule has 0 unspecified atom stereocenters. The van der Waals surface area contributed by atoms with Gasteiger partial charge in [0.25, 0.3) is 5.56 Å². The molecule has 2 aromatic heterocycles. The van der Waals surface area contributed by atoms with Crippen molar-refractivity contribution in [2.75, 3.05) is 11.6 Å². The second kappa shape index (κ2) is 8.74. The maximum Gasteiger partial charge on any atom is 0.258 e. The normalized spacial score (nSPS) is 12.2. The lowest BCUT2D eigenvalue weighted by Gasteiger charge is -2.11. The van der Waals surface area contributed by atoms with Crippen molar-refractivity contribution >= 4 is 66.7 Å². The van der Waals surface area contributed by atoms with Crippen molar-refractivity contribution < 1.29 is 8.42 Å². The predicted molar refractivity (Wildman–Crippen MR) is 134 cm³/mol. The summed E-state index contributed by atoms with van der Waals surface area (Å²) < 4.78 is 26.5. The molecular formula is C22H21Cl2N5O3S. The Bertz CT molecular complexity index is 1570. The number of hydrogen-bond donors (Lipinski definition) is 3. The molecule has 2 aromatic carbocycles. The highest BCUT2D eigenvalue weighted by Gasteiger charge is 2.17. The van der Waals surface area contributed by atoms with Gasteiger partial charge in [0.05, 0.1) is 38.4 Å². The van der Waals surface area contributed by atoms with Gasteiger partial charge in [0.1, 0.15) is 0 Å². The van der Waals surface area contributed by atoms with Crippen molar-refractivity contribution in [3.05, 3.63) is 74.3 Å². The number of para-hydroxylation sites is 1. The van der Waals surface area contributed by atoms with Gasteiger partial charge in [0.2, 0.25) is 16.0 Å². The van der Waals surface area contributed by atoms with Gasteiger partial charge in [-0.25, -0.2) is 13.4 Å². The number of fused-ring (bicyclic) bond motifs is 3. The van der Waals surface area contributed by atoms with Gasteiger partial charge >= 0.3 is 0 Å². The summed E-state index contributed by atoms with van der Waals surface area (Å²) in [6, 6.07) is 8.93. The number of rotatable bonds is 6. The molecule has 172 valence electrons. The largest absolute Gasteiger partial charge is 0.325 e. The molecule has 0 fully saturated rings. The van der Waals surface area contributed by atoms with Gasteiger partial charge < -0.3 is 14.9 Å². The minimum absolute atomic E-state index is 0.258. The zero-order chi connectivity index (χ0) is 23.9. The van der Waals surface area contributed by atoms with E-state index in [1.54, 1.807) is 28.8 Å². The van der Waals surface area contributed by atoms with Crippen molar-refractivity contribution in [3.63, 3.8) is 0 Å². The van der Waals surface area contributed by atoms with E-state index in [1.807, 2.05) is 26.1 Å². The van der Waals surface area contributed by atoms with E-state index >= 15 is 0 Å². The van der Waals surface area contributed by atoms with Crippen LogP contribution in [-0.2, 0) is 23.5 Å². The van der Waals surface area contributed by atoms with E-state index in [0.29, 0.717) is 50.2 Å². The smallest absolute Gasteiger partial charge is 0.258 e. The van der Waals surface area contributed by atoms with Gasteiger partial charge in [-0.15, -0.1) is 0 Å². The SMILES string of the molecule is Cc1c(CC=CNS(C)(=O)=O)[nH]c(=O)c2c1ccc1nc(Nc3c(Cl)cccc3Cl)n(C)c12. The van der Waals surface area contributed by atoms with Crippen LogP contribution in [0.5, 0.6) is 0 Å². The average Bonchev–Trinajstić information content (AvgIpc) is 3.06. The molecule has 3 N–H and O–H groups in total. The zero-order valence-electron chi connectivity index (χ0n) is 18.0. The molecule has 0 aliphatic heterocycles. The van der Waals surface area contributed by atoms with Gasteiger partial charge in [0, 0.05) is 25.4 Å². The van der Waals surface area contributed by atoms with Gasteiger partial charge in [-0.05, 0) is 36.1 Å². The monoisotopic (exact) mass is 505 g/mol. The Morgan fingerprint density at radius 1 is 1.18 bits per heavy atom. The fraction of sp³-hybridized carbons (Fsp3) is 0.182. The quantitative estimate of drug-likeness (QED) is 0.360. The molecule has 0 saturated carbocycles. The summed E-state index contributed by atoms with van der Waals surface area (Å²) in [6.07, 6.45) is 4.42. The summed E-state index contributed by atoms with van der Waals surface area (Å²) in [7, 11) is -1.52. The van der Waals surface area contributed by atoms with Crippen molar-refractivity contribution in [2.45, 2.75) is 13.3 Å². The fourth-order valence-electron chi connectivity index (χ4n) is 3.70. The van der Waals surface area contributed by atoms with Crippen LogP contribution < -0.4 is 15.6 Å². The average molecular weight is 506 g/mol. The van der Waals surface area contributed by atoms with E-state index in [0.717, 1.165) is 17.2 Å². The highest BCUT2D eigenvalue weighted by molar-refractivity contribution is 7.88. The topological polar surface area (TPSA) is 109 Å². The van der Waals surface area contributed by atoms with Gasteiger partial charge in [-0.2, -0.15) is 0 Å². The third kappa shape index (κ3) is 4.57. The maximum atomic E-state index is 13.1. The number of anilines is 2. The Balaban J connectivity index is 1.80. The number of aromatic nitrogens is 3. The Kier molecular flexibility index (Phi) is 6.13. The van der Waals surface area contributed by atoms with Crippen LogP contribution in [0, 0.1) is 6.92 Å². The van der Waals surface area contributed by atoms with Gasteiger partial charge in [-0.1, -0.05) is 41.4 Å². The van der Waals surface area contributed by atoms with Crippen LogP contribution in [0.25, 0.3) is 21.8 Å². The molecule has 4 rings (SSSR count). The molecule has 0 radical (unpaired) electrons. The van der Waals surface area contributed by atoms with Crippen molar-refractivity contribution in [1.29, 1.82) is 0 Å². The molecule has 0 aliphatic rings. The highest BCUT2D eigenvalue weighted by Crippen LogP contribution is 2.34. The number of H-pyrrole nitrogens is 1. The Morgan fingerprint density at radius 3 is 2.55 bits per heavy atom. The second-order valence-corrected chi connectivity index (χ2v) is 10.2. The summed E-state index contributed by atoms with van der Waals surface area (Å²) in [6.45, 7) is 1.91. The van der Waals surface area contributed by atoms with Gasteiger partial charge in [0.15, 0.2) is 0 Å². The predicted octanol–water partition coefficient (Wildman–Crippen LogP) is 4.38. The first-order chi connectivity index (χ1) is 15.6. The Morgan fingerprint density at radius 2 is 1.88 bits per heavy atom. The molecule has 0 spiro atoms. The minimum Gasteiger partial charge on any atom is -0.325 e. The van der Waals surface area contributed by atoms with Gasteiger partial charge in [-0.3, -0.25) is 9.52 Å². The number of pyridine rings is 1. The maximum absolute atomic E-state index is 13.1. The fourth-order valence-corrected chi connectivity index (χ4v) is 4.53. The van der Waals surface area contributed by atoms with Crippen LogP contribution in [-0.4, -0.2) is 29.2 Å². The summed E-state index contributed by atoms with van der Waals surface area (Å²) in [5.74, 6) is 0.489. The second-order valence-electron chi connectivity index (χ2n) is 7.63. The number of sulfonamides is 1. The van der Waals surface area contributed by atoms with Crippen LogP contribution in [0.1, 0.15) is 11.3 Å². The third-order valence-electron chi connectivity index (χ3n) is 5.31. The number of allylic oxidation sites excluding steroid dienone is 1. The standard InChI is InChI=1S/C22H21Cl2N5O3S/c1-12-13-9-10-17-20(18(13)21(30)26-16(12)8-5-11-25-33(3,31)32)29(2)22(27-17)28-19-14(23)6-4-7-15(19)24/h4-7,9-11,25H,8H2,1-3H3,(H,26,30)(H,27,28). The molecule has 0 bridgehead atoms. The molecule has 0 atom stereocenters. The molecular weight excluding hydrogens is 485 g/mol. The van der Waals surface area contributed by atoms with E-state index < -0.39 is 10.0 Å². The number of aryl methyl sites for hydroxylation is 2. The minimum atomic E-state index is -3.33. The van der Waals surface area contributed by atoms with E-state index in [9.17, 15) is 13.2 Å². The van der Waals surface area contributed by atoms with Crippen LogP contribution in [0.15, 0.2) is 47.4 Å². The lowest BCUT2D eigenvalue weighted by Crippen LogP contribution is -2.15. The summed E-state index contributed by atoms with van der Waals surface area (Å²) >= 11 is 12.6. The Labute approximate surface area is 200 Å². The first-order valence-electron chi connectivity index (χ1n) is 9.91. The summed E-state index contributed by atoms with van der Waals surface area (Å²) in [5, 5.41) is 5.38. The molecule has 4 aromatic rings. The van der Waals surface area contributed by atoms with Crippen molar-refractivity contribution in [3.8, 4) is 0 Å². The van der Waals surface area contributed by atoms with Crippen LogP contribution >= 0.6 is 23.2 Å². The third-order valence-corrected chi connectivity index (χ3v) is 6.50. The molecule has 0 aliphatic carbocycles. The number of nitrogens with zero attached hydrogens (tertiary/aromatic N) is 2. The van der Waals surface area contributed by atoms with E-state index in [1.165, 1.54) is 6.20 Å². The zero-order valence-corrected chi connectivity index (χ0v) is 20.4. The summed E-state index contributed by atoms with van der Waals surface area (Å²) in [5.41, 5.74) is 3.17. The van der Waals surface area contributed by atoms with Crippen LogP contribution in [0.2, 0.25) is 10.0 Å². The highest BCUT2D eigenvalue weighted by atomic mass is 35.5. The lowest BCUT2D eigenvalue weighted by atomic mass is 10.0. The Hall–Kier alpha value is -3.01. The number of halogens is 2. The van der Waals surface area contributed by atoms with Crippen molar-refractivity contribution in [2.24, 2.45) is 7.05 Å². The first kappa shape index (κ1) is 23.2. The molecule has 0 saturated heterocycles. The van der Waals surface area contributed by atoms with Crippen molar-refractivity contribution in [1.82, 2.24) is 19.3 Å². The van der Waals surface area contributed by atoms with Crippen LogP contribution in [0.3, 0.4) is 0 Å². The molecule has 2 heterocycles. The molecule has 11 heteroatoms. The number of hydrogen-bond acceptors (Lipinski definition) is 5. The van der Waals surface area contributed by atoms with Crippen LogP contribution in [0.4, 0.5) is 11.6 Å². The molecule has 8 nitrogen and oxygen atoms in total. The number of benzene rings is 2. The number of nitrogens with one attached hydrogen (secondary N) is 3.